The minimum absolute atomic E-state index is 0.0498. The minimum Gasteiger partial charge on any atom is -0.449 e. The first-order chi connectivity index (χ1) is 12.8. The molecule has 0 aromatic heterocycles. The third-order valence-corrected chi connectivity index (χ3v) is 5.40. The fourth-order valence-corrected chi connectivity index (χ4v) is 3.42. The van der Waals surface area contributed by atoms with Crippen LogP contribution in [0, 0.1) is 0 Å². The molecule has 0 spiro atoms. The van der Waals surface area contributed by atoms with Crippen LogP contribution in [0.25, 0.3) is 0 Å². The molecule has 0 heterocycles. The third kappa shape index (κ3) is 5.15. The molecule has 8 heteroatoms. The largest absolute Gasteiger partial charge is 0.449 e. The number of likely N-dealkylation sites (N-methyl/N-ethyl adjacent to an activating group) is 1. The number of para-hydroxylation sites is 1. The van der Waals surface area contributed by atoms with E-state index in [-0.39, 0.29) is 22.9 Å². The van der Waals surface area contributed by atoms with Crippen molar-refractivity contribution in [2.75, 3.05) is 18.5 Å². The van der Waals surface area contributed by atoms with Crippen molar-refractivity contribution in [3.8, 4) is 0 Å². The average molecular weight is 390 g/mol. The number of nitrogens with one attached hydrogen (secondary N) is 1. The van der Waals surface area contributed by atoms with E-state index in [2.05, 4.69) is 4.72 Å². The number of anilines is 1. The van der Waals surface area contributed by atoms with E-state index in [0.29, 0.717) is 5.69 Å². The lowest BCUT2D eigenvalue weighted by molar-refractivity contribution is -0.126. The number of hydrogen-bond acceptors (Lipinski definition) is 5. The molecule has 27 heavy (non-hydrogen) atoms. The molecule has 1 unspecified atom stereocenters. The van der Waals surface area contributed by atoms with Gasteiger partial charge in [0.15, 0.2) is 6.10 Å². The Morgan fingerprint density at radius 3 is 2.22 bits per heavy atom. The SMILES string of the molecule is CCNS(=O)(=O)c1ccc(C(=O)OC(C)C(=O)N(C)c2ccccc2)cc1. The second-order valence-electron chi connectivity index (χ2n) is 5.81. The maximum absolute atomic E-state index is 12.4. The second-order valence-corrected chi connectivity index (χ2v) is 7.57. The van der Waals surface area contributed by atoms with Gasteiger partial charge in [0.25, 0.3) is 5.91 Å². The Morgan fingerprint density at radius 1 is 1.07 bits per heavy atom. The molecule has 1 atom stereocenters. The van der Waals surface area contributed by atoms with E-state index < -0.39 is 22.1 Å². The molecule has 2 aromatic carbocycles. The van der Waals surface area contributed by atoms with Gasteiger partial charge in [-0.1, -0.05) is 25.1 Å². The Bertz CT molecular complexity index is 895. The highest BCUT2D eigenvalue weighted by Crippen LogP contribution is 2.15. The van der Waals surface area contributed by atoms with Crippen molar-refractivity contribution in [3.05, 3.63) is 60.2 Å². The van der Waals surface area contributed by atoms with Gasteiger partial charge in [0.1, 0.15) is 0 Å². The number of hydrogen-bond donors (Lipinski definition) is 1. The molecule has 2 aromatic rings. The first-order valence-electron chi connectivity index (χ1n) is 8.39. The minimum atomic E-state index is -3.59. The molecule has 2 rings (SSSR count). The summed E-state index contributed by atoms with van der Waals surface area (Å²) in [5.74, 6) is -1.08. The fraction of sp³-hybridized carbons (Fsp3) is 0.263. The van der Waals surface area contributed by atoms with Gasteiger partial charge in [-0.2, -0.15) is 0 Å². The van der Waals surface area contributed by atoms with Crippen LogP contribution in [-0.4, -0.2) is 40.0 Å². The van der Waals surface area contributed by atoms with E-state index in [1.165, 1.54) is 36.1 Å². The molecular formula is C19H22N2O5S. The summed E-state index contributed by atoms with van der Waals surface area (Å²) < 4.78 is 31.4. The summed E-state index contributed by atoms with van der Waals surface area (Å²) >= 11 is 0. The Hall–Kier alpha value is -2.71. The highest BCUT2D eigenvalue weighted by Gasteiger charge is 2.23. The molecule has 0 aliphatic rings. The van der Waals surface area contributed by atoms with Crippen LogP contribution < -0.4 is 9.62 Å². The normalized spacial score (nSPS) is 12.3. The summed E-state index contributed by atoms with van der Waals surface area (Å²) in [7, 11) is -1.99. The molecule has 144 valence electrons. The van der Waals surface area contributed by atoms with Crippen LogP contribution >= 0.6 is 0 Å². The molecule has 0 saturated carbocycles. The van der Waals surface area contributed by atoms with Gasteiger partial charge in [-0.25, -0.2) is 17.9 Å². The molecule has 0 radical (unpaired) electrons. The van der Waals surface area contributed by atoms with E-state index in [1.807, 2.05) is 6.07 Å². The number of carbonyl (C=O) groups is 2. The average Bonchev–Trinajstić information content (AvgIpc) is 2.67. The van der Waals surface area contributed by atoms with E-state index >= 15 is 0 Å². The monoisotopic (exact) mass is 390 g/mol. The van der Waals surface area contributed by atoms with Crippen molar-refractivity contribution >= 4 is 27.6 Å². The maximum Gasteiger partial charge on any atom is 0.338 e. The quantitative estimate of drug-likeness (QED) is 0.732. The molecule has 1 amide bonds. The zero-order chi connectivity index (χ0) is 20.0. The standard InChI is InChI=1S/C19H22N2O5S/c1-4-20-27(24,25)17-12-10-15(11-13-17)19(23)26-14(2)18(22)21(3)16-8-6-5-7-9-16/h5-14,20H,4H2,1-3H3. The highest BCUT2D eigenvalue weighted by molar-refractivity contribution is 7.89. The molecule has 0 saturated heterocycles. The zero-order valence-electron chi connectivity index (χ0n) is 15.4. The van der Waals surface area contributed by atoms with Gasteiger partial charge in [0.05, 0.1) is 10.5 Å². The topological polar surface area (TPSA) is 92.8 Å². The smallest absolute Gasteiger partial charge is 0.338 e. The van der Waals surface area contributed by atoms with E-state index in [9.17, 15) is 18.0 Å². The van der Waals surface area contributed by atoms with Crippen LogP contribution in [0.3, 0.4) is 0 Å². The van der Waals surface area contributed by atoms with Crippen molar-refractivity contribution in [1.29, 1.82) is 0 Å². The predicted octanol–water partition coefficient (Wildman–Crippen LogP) is 2.19. The van der Waals surface area contributed by atoms with Crippen LogP contribution in [-0.2, 0) is 19.6 Å². The summed E-state index contributed by atoms with van der Waals surface area (Å²) in [5.41, 5.74) is 0.843. The summed E-state index contributed by atoms with van der Waals surface area (Å²) in [6.45, 7) is 3.43. The number of carbonyl (C=O) groups excluding carboxylic acids is 2. The van der Waals surface area contributed by atoms with Crippen molar-refractivity contribution in [2.24, 2.45) is 0 Å². The Balaban J connectivity index is 2.05. The van der Waals surface area contributed by atoms with E-state index in [0.717, 1.165) is 0 Å². The van der Waals surface area contributed by atoms with Crippen molar-refractivity contribution in [2.45, 2.75) is 24.8 Å². The number of sulfonamides is 1. The molecule has 0 fully saturated rings. The predicted molar refractivity (Wildman–Crippen MR) is 102 cm³/mol. The van der Waals surface area contributed by atoms with Crippen LogP contribution in [0.15, 0.2) is 59.5 Å². The summed E-state index contributed by atoms with van der Waals surface area (Å²) in [6, 6.07) is 14.3. The van der Waals surface area contributed by atoms with Crippen molar-refractivity contribution in [3.63, 3.8) is 0 Å². The molecule has 0 aliphatic carbocycles. The van der Waals surface area contributed by atoms with Gasteiger partial charge < -0.3 is 9.64 Å². The summed E-state index contributed by atoms with van der Waals surface area (Å²) in [5, 5.41) is 0. The molecule has 0 bridgehead atoms. The number of nitrogens with zero attached hydrogens (tertiary/aromatic N) is 1. The van der Waals surface area contributed by atoms with Gasteiger partial charge in [0, 0.05) is 19.3 Å². The van der Waals surface area contributed by atoms with Crippen LogP contribution in [0.5, 0.6) is 0 Å². The first-order valence-corrected chi connectivity index (χ1v) is 9.88. The van der Waals surface area contributed by atoms with Crippen LogP contribution in [0.2, 0.25) is 0 Å². The Morgan fingerprint density at radius 2 is 1.67 bits per heavy atom. The maximum atomic E-state index is 12.4. The first kappa shape index (κ1) is 20.6. The molecule has 0 aliphatic heterocycles. The Labute approximate surface area is 159 Å². The molecule has 7 nitrogen and oxygen atoms in total. The summed E-state index contributed by atoms with van der Waals surface area (Å²) in [6.07, 6.45) is -0.993. The molecular weight excluding hydrogens is 368 g/mol. The van der Waals surface area contributed by atoms with Gasteiger partial charge in [-0.15, -0.1) is 0 Å². The number of rotatable bonds is 7. The van der Waals surface area contributed by atoms with E-state index in [1.54, 1.807) is 38.2 Å². The number of esters is 1. The van der Waals surface area contributed by atoms with Gasteiger partial charge >= 0.3 is 5.97 Å². The van der Waals surface area contributed by atoms with Crippen molar-refractivity contribution < 1.29 is 22.7 Å². The number of ether oxygens (including phenoxy) is 1. The fourth-order valence-electron chi connectivity index (χ4n) is 2.37. The zero-order valence-corrected chi connectivity index (χ0v) is 16.2. The third-order valence-electron chi connectivity index (χ3n) is 3.84. The highest BCUT2D eigenvalue weighted by atomic mass is 32.2. The second kappa shape index (κ2) is 8.79. The lowest BCUT2D eigenvalue weighted by Gasteiger charge is -2.21. The van der Waals surface area contributed by atoms with Crippen molar-refractivity contribution in [1.82, 2.24) is 4.72 Å². The number of benzene rings is 2. The lowest BCUT2D eigenvalue weighted by Crippen LogP contribution is -2.37. The Kier molecular flexibility index (Phi) is 6.70. The summed E-state index contributed by atoms with van der Waals surface area (Å²) in [4.78, 5) is 26.1. The van der Waals surface area contributed by atoms with E-state index in [4.69, 9.17) is 4.74 Å². The van der Waals surface area contributed by atoms with Crippen LogP contribution in [0.1, 0.15) is 24.2 Å². The lowest BCUT2D eigenvalue weighted by atomic mass is 10.2. The van der Waals surface area contributed by atoms with Crippen LogP contribution in [0.4, 0.5) is 5.69 Å². The van der Waals surface area contributed by atoms with Gasteiger partial charge in [0.2, 0.25) is 10.0 Å². The van der Waals surface area contributed by atoms with Gasteiger partial charge in [-0.3, -0.25) is 4.79 Å². The number of amides is 1. The van der Waals surface area contributed by atoms with Gasteiger partial charge in [-0.05, 0) is 43.3 Å². The molecule has 1 N–H and O–H groups in total.